The molecule has 0 saturated carbocycles. The van der Waals surface area contributed by atoms with Gasteiger partial charge in [-0.1, -0.05) is 11.6 Å². The fourth-order valence-corrected chi connectivity index (χ4v) is 2.53. The van der Waals surface area contributed by atoms with Crippen LogP contribution in [0.3, 0.4) is 0 Å². The molecule has 1 N–H and O–H groups in total. The number of halogens is 2. The molecule has 0 bridgehead atoms. The Hall–Kier alpha value is -1.66. The van der Waals surface area contributed by atoms with Crippen LogP contribution in [0.15, 0.2) is 18.2 Å². The van der Waals surface area contributed by atoms with Crippen LogP contribution >= 0.6 is 11.6 Å². The predicted molar refractivity (Wildman–Crippen MR) is 77.1 cm³/mol. The number of hydrogen-bond acceptors (Lipinski definition) is 3. The van der Waals surface area contributed by atoms with E-state index in [1.165, 1.54) is 17.0 Å². The molecule has 1 amide bonds. The van der Waals surface area contributed by atoms with E-state index in [4.69, 9.17) is 16.7 Å². The maximum Gasteiger partial charge on any atom is 0.304 e. The van der Waals surface area contributed by atoms with Crippen molar-refractivity contribution < 1.29 is 19.1 Å². The first kappa shape index (κ1) is 15.7. The third-order valence-corrected chi connectivity index (χ3v) is 3.91. The van der Waals surface area contributed by atoms with Crippen molar-refractivity contribution in [2.45, 2.75) is 18.9 Å². The first-order valence-corrected chi connectivity index (χ1v) is 6.96. The third kappa shape index (κ3) is 3.51. The van der Waals surface area contributed by atoms with Gasteiger partial charge < -0.3 is 10.0 Å². The van der Waals surface area contributed by atoms with Crippen molar-refractivity contribution in [2.24, 2.45) is 0 Å². The standard InChI is InChI=1S/C14H16ClFN2O3/c1-17(6-5-13(19)20)12-4-7-18(14(12)21)9-2-3-10(15)11(16)8-9/h2-3,8,12H,4-7H2,1H3,(H,19,20). The molecular formula is C14H16ClFN2O3. The molecule has 1 heterocycles. The van der Waals surface area contributed by atoms with E-state index < -0.39 is 11.8 Å². The number of hydrogen-bond donors (Lipinski definition) is 1. The molecule has 5 nitrogen and oxygen atoms in total. The lowest BCUT2D eigenvalue weighted by atomic mass is 10.2. The van der Waals surface area contributed by atoms with Crippen LogP contribution < -0.4 is 4.90 Å². The van der Waals surface area contributed by atoms with Gasteiger partial charge in [-0.15, -0.1) is 0 Å². The number of aliphatic carboxylic acids is 1. The van der Waals surface area contributed by atoms with E-state index in [0.717, 1.165) is 0 Å². The molecule has 1 atom stereocenters. The lowest BCUT2D eigenvalue weighted by Gasteiger charge is -2.23. The molecule has 0 radical (unpaired) electrons. The van der Waals surface area contributed by atoms with Gasteiger partial charge in [0, 0.05) is 18.8 Å². The topological polar surface area (TPSA) is 60.9 Å². The lowest BCUT2D eigenvalue weighted by molar-refractivity contribution is -0.137. The molecule has 0 aromatic heterocycles. The molecule has 1 fully saturated rings. The van der Waals surface area contributed by atoms with Gasteiger partial charge in [0.05, 0.1) is 17.5 Å². The second kappa shape index (κ2) is 6.41. The summed E-state index contributed by atoms with van der Waals surface area (Å²) in [4.78, 5) is 26.2. The van der Waals surface area contributed by atoms with Crippen LogP contribution in [0.4, 0.5) is 10.1 Å². The van der Waals surface area contributed by atoms with Gasteiger partial charge >= 0.3 is 5.97 Å². The number of carboxylic acids is 1. The summed E-state index contributed by atoms with van der Waals surface area (Å²) >= 11 is 5.63. The highest BCUT2D eigenvalue weighted by molar-refractivity contribution is 6.30. The first-order chi connectivity index (χ1) is 9.90. The van der Waals surface area contributed by atoms with Crippen LogP contribution in [0, 0.1) is 5.82 Å². The zero-order valence-electron chi connectivity index (χ0n) is 11.6. The normalized spacial score (nSPS) is 18.6. The van der Waals surface area contributed by atoms with E-state index in [0.29, 0.717) is 25.2 Å². The van der Waals surface area contributed by atoms with Crippen molar-refractivity contribution >= 4 is 29.2 Å². The molecule has 1 aliphatic rings. The smallest absolute Gasteiger partial charge is 0.304 e. The summed E-state index contributed by atoms with van der Waals surface area (Å²) in [5.74, 6) is -1.61. The van der Waals surface area contributed by atoms with Crippen LogP contribution in [0.5, 0.6) is 0 Å². The minimum Gasteiger partial charge on any atom is -0.481 e. The fraction of sp³-hybridized carbons (Fsp3) is 0.429. The van der Waals surface area contributed by atoms with Crippen molar-refractivity contribution in [3.8, 4) is 0 Å². The summed E-state index contributed by atoms with van der Waals surface area (Å²) in [7, 11) is 1.72. The number of carbonyl (C=O) groups is 2. The van der Waals surface area contributed by atoms with Crippen molar-refractivity contribution in [1.82, 2.24) is 4.90 Å². The van der Waals surface area contributed by atoms with E-state index in [2.05, 4.69) is 0 Å². The van der Waals surface area contributed by atoms with Gasteiger partial charge in [0.2, 0.25) is 5.91 Å². The van der Waals surface area contributed by atoms with Gasteiger partial charge in [0.25, 0.3) is 0 Å². The number of rotatable bonds is 5. The minimum absolute atomic E-state index is 0.0144. The van der Waals surface area contributed by atoms with Gasteiger partial charge in [0.15, 0.2) is 0 Å². The van der Waals surface area contributed by atoms with Gasteiger partial charge in [-0.3, -0.25) is 14.5 Å². The Bertz CT molecular complexity index is 567. The van der Waals surface area contributed by atoms with E-state index in [1.807, 2.05) is 0 Å². The van der Waals surface area contributed by atoms with Crippen molar-refractivity contribution in [3.05, 3.63) is 29.0 Å². The maximum absolute atomic E-state index is 13.5. The average Bonchev–Trinajstić information content (AvgIpc) is 2.81. The van der Waals surface area contributed by atoms with Crippen molar-refractivity contribution in [3.63, 3.8) is 0 Å². The molecular weight excluding hydrogens is 299 g/mol. The van der Waals surface area contributed by atoms with E-state index >= 15 is 0 Å². The zero-order valence-corrected chi connectivity index (χ0v) is 12.3. The van der Waals surface area contributed by atoms with Crippen LogP contribution in [-0.4, -0.2) is 48.1 Å². The molecule has 114 valence electrons. The molecule has 21 heavy (non-hydrogen) atoms. The lowest BCUT2D eigenvalue weighted by Crippen LogP contribution is -2.40. The summed E-state index contributed by atoms with van der Waals surface area (Å²) in [6, 6.07) is 3.88. The minimum atomic E-state index is -0.899. The highest BCUT2D eigenvalue weighted by Crippen LogP contribution is 2.27. The number of anilines is 1. The van der Waals surface area contributed by atoms with Gasteiger partial charge in [0.1, 0.15) is 5.82 Å². The number of nitrogens with zero attached hydrogens (tertiary/aromatic N) is 2. The van der Waals surface area contributed by atoms with Gasteiger partial charge in [-0.05, 0) is 31.7 Å². The molecule has 1 unspecified atom stereocenters. The molecule has 1 aromatic rings. The Morgan fingerprint density at radius 2 is 2.29 bits per heavy atom. The monoisotopic (exact) mass is 314 g/mol. The summed E-state index contributed by atoms with van der Waals surface area (Å²) in [5.41, 5.74) is 0.469. The summed E-state index contributed by atoms with van der Waals surface area (Å²) in [5, 5.41) is 8.70. The molecule has 1 aliphatic heterocycles. The number of amides is 1. The Kier molecular flexibility index (Phi) is 4.80. The summed E-state index contributed by atoms with van der Waals surface area (Å²) in [6.07, 6.45) is 0.565. The number of carbonyl (C=O) groups excluding carboxylic acids is 1. The number of likely N-dealkylation sites (N-methyl/N-ethyl adjacent to an activating group) is 1. The molecule has 2 rings (SSSR count). The van der Waals surface area contributed by atoms with Crippen LogP contribution in [0.1, 0.15) is 12.8 Å². The Balaban J connectivity index is 2.07. The quantitative estimate of drug-likeness (QED) is 0.903. The number of carboxylic acid groups (broad SMARTS) is 1. The summed E-state index contributed by atoms with van der Waals surface area (Å²) in [6.45, 7) is 0.774. The third-order valence-electron chi connectivity index (χ3n) is 3.60. The Morgan fingerprint density at radius 3 is 2.90 bits per heavy atom. The SMILES string of the molecule is CN(CCC(=O)O)C1CCN(c2ccc(Cl)c(F)c2)C1=O. The molecule has 7 heteroatoms. The highest BCUT2D eigenvalue weighted by atomic mass is 35.5. The van der Waals surface area contributed by atoms with Crippen molar-refractivity contribution in [1.29, 1.82) is 0 Å². The van der Waals surface area contributed by atoms with Crippen LogP contribution in [-0.2, 0) is 9.59 Å². The van der Waals surface area contributed by atoms with Crippen LogP contribution in [0.2, 0.25) is 5.02 Å². The van der Waals surface area contributed by atoms with E-state index in [9.17, 15) is 14.0 Å². The largest absolute Gasteiger partial charge is 0.481 e. The molecule has 1 aromatic carbocycles. The highest BCUT2D eigenvalue weighted by Gasteiger charge is 2.35. The van der Waals surface area contributed by atoms with Gasteiger partial charge in [-0.2, -0.15) is 0 Å². The fourth-order valence-electron chi connectivity index (χ4n) is 2.41. The van der Waals surface area contributed by atoms with Crippen LogP contribution in [0.25, 0.3) is 0 Å². The number of benzene rings is 1. The average molecular weight is 315 g/mol. The zero-order chi connectivity index (χ0) is 15.6. The molecule has 1 saturated heterocycles. The van der Waals surface area contributed by atoms with Crippen molar-refractivity contribution in [2.75, 3.05) is 25.0 Å². The maximum atomic E-state index is 13.5. The molecule has 0 spiro atoms. The summed E-state index contributed by atoms with van der Waals surface area (Å²) < 4.78 is 13.5. The van der Waals surface area contributed by atoms with E-state index in [1.54, 1.807) is 18.0 Å². The molecule has 0 aliphatic carbocycles. The Morgan fingerprint density at radius 1 is 1.57 bits per heavy atom. The predicted octanol–water partition coefficient (Wildman–Crippen LogP) is 1.99. The Labute approximate surface area is 126 Å². The second-order valence-electron chi connectivity index (χ2n) is 5.02. The van der Waals surface area contributed by atoms with E-state index in [-0.39, 0.29) is 23.4 Å². The van der Waals surface area contributed by atoms with Gasteiger partial charge in [-0.25, -0.2) is 4.39 Å². The first-order valence-electron chi connectivity index (χ1n) is 6.58. The second-order valence-corrected chi connectivity index (χ2v) is 5.42.